The molecule has 0 aliphatic carbocycles. The van der Waals surface area contributed by atoms with Crippen LogP contribution in [0.5, 0.6) is 11.6 Å². The van der Waals surface area contributed by atoms with Crippen molar-refractivity contribution in [1.82, 2.24) is 14.8 Å². The Labute approximate surface area is 191 Å². The second-order valence-electron chi connectivity index (χ2n) is 7.04. The highest BCUT2D eigenvalue weighted by Crippen LogP contribution is 2.34. The van der Waals surface area contributed by atoms with Gasteiger partial charge in [0.05, 0.1) is 31.8 Å². The predicted molar refractivity (Wildman–Crippen MR) is 127 cm³/mol. The maximum atomic E-state index is 12.9. The zero-order chi connectivity index (χ0) is 22.5. The third kappa shape index (κ3) is 4.62. The van der Waals surface area contributed by atoms with Crippen LogP contribution in [0.2, 0.25) is 0 Å². The van der Waals surface area contributed by atoms with Crippen molar-refractivity contribution in [3.05, 3.63) is 82.4 Å². The second kappa shape index (κ2) is 9.87. The van der Waals surface area contributed by atoms with Gasteiger partial charge in [-0.2, -0.15) is 5.10 Å². The van der Waals surface area contributed by atoms with Crippen molar-refractivity contribution < 1.29 is 9.47 Å². The fourth-order valence-corrected chi connectivity index (χ4v) is 4.43. The molecule has 0 bridgehead atoms. The van der Waals surface area contributed by atoms with Gasteiger partial charge in [-0.05, 0) is 47.5 Å². The van der Waals surface area contributed by atoms with Crippen LogP contribution in [0.25, 0.3) is 10.8 Å². The van der Waals surface area contributed by atoms with Crippen LogP contribution >= 0.6 is 11.8 Å². The molecule has 0 atom stereocenters. The number of rotatable bonds is 5. The zero-order valence-electron chi connectivity index (χ0n) is 18.4. The van der Waals surface area contributed by atoms with Gasteiger partial charge in [0.15, 0.2) is 0 Å². The number of pyridine rings is 1. The van der Waals surface area contributed by atoms with E-state index in [1.165, 1.54) is 10.2 Å². The van der Waals surface area contributed by atoms with E-state index in [-0.39, 0.29) is 5.56 Å². The molecule has 3 heterocycles. The first-order valence-electron chi connectivity index (χ1n) is 10.6. The third-order valence-electron chi connectivity index (χ3n) is 5.06. The van der Waals surface area contributed by atoms with Crippen LogP contribution < -0.4 is 15.0 Å². The van der Waals surface area contributed by atoms with Gasteiger partial charge in [-0.3, -0.25) is 4.79 Å². The van der Waals surface area contributed by atoms with Crippen LogP contribution in [0.15, 0.2) is 75.5 Å². The summed E-state index contributed by atoms with van der Waals surface area (Å²) in [4.78, 5) is 19.3. The zero-order valence-corrected chi connectivity index (χ0v) is 19.2. The lowest BCUT2D eigenvalue weighted by molar-refractivity contribution is 0.356. The average Bonchev–Trinajstić information content (AvgIpc) is 3.31. The minimum Gasteiger partial charge on any atom is -0.493 e. The summed E-state index contributed by atoms with van der Waals surface area (Å²) < 4.78 is 12.1. The number of hydrogen-bond acceptors (Lipinski definition) is 6. The first kappa shape index (κ1) is 21.9. The van der Waals surface area contributed by atoms with Crippen LogP contribution in [0.4, 0.5) is 0 Å². The lowest BCUT2D eigenvalue weighted by Crippen LogP contribution is -2.23. The smallest absolute Gasteiger partial charge is 0.274 e. The number of hydrogen-bond donors (Lipinski definition) is 0. The average molecular weight is 448 g/mol. The molecule has 4 aromatic rings. The molecule has 0 N–H and O–H groups in total. The number of aromatic nitrogens is 3. The maximum Gasteiger partial charge on any atom is 0.274 e. The third-order valence-corrected chi connectivity index (χ3v) is 6.04. The Kier molecular flexibility index (Phi) is 6.75. The van der Waals surface area contributed by atoms with Gasteiger partial charge in [-0.25, -0.2) is 9.67 Å². The molecular weight excluding hydrogens is 422 g/mol. The van der Waals surface area contributed by atoms with Gasteiger partial charge in [0, 0.05) is 33.9 Å². The normalized spacial score (nSPS) is 12.0. The SMILES string of the molecule is CC.COc1ccc(Cn2ncc3cc(Sc4ccc5c(c4)CCO5)ccc3c2=O)cn1. The van der Waals surface area contributed by atoms with E-state index in [0.717, 1.165) is 39.5 Å². The minimum absolute atomic E-state index is 0.116. The van der Waals surface area contributed by atoms with Gasteiger partial charge in [0.1, 0.15) is 5.75 Å². The van der Waals surface area contributed by atoms with Gasteiger partial charge in [-0.1, -0.05) is 31.7 Å². The van der Waals surface area contributed by atoms with Gasteiger partial charge in [-0.15, -0.1) is 0 Å². The Balaban J connectivity index is 0.00000119. The molecule has 2 aromatic heterocycles. The van der Waals surface area contributed by atoms with E-state index in [9.17, 15) is 4.79 Å². The van der Waals surface area contributed by atoms with Crippen LogP contribution in [0.3, 0.4) is 0 Å². The first-order chi connectivity index (χ1) is 15.7. The van der Waals surface area contributed by atoms with Crippen molar-refractivity contribution in [3.8, 4) is 11.6 Å². The quantitative estimate of drug-likeness (QED) is 0.431. The maximum absolute atomic E-state index is 12.9. The standard InChI is InChI=1S/C23H19N3O3S.C2H6/c1-28-22-7-2-15(12-24-22)14-26-23(27)20-5-3-18(11-17(20)13-25-26)30-19-4-6-21-16(10-19)8-9-29-21;1-2/h2-7,10-13H,8-9,14H2,1H3;1-2H3. The summed E-state index contributed by atoms with van der Waals surface area (Å²) in [6.45, 7) is 5.11. The Hall–Kier alpha value is -3.32. The van der Waals surface area contributed by atoms with E-state index >= 15 is 0 Å². The summed E-state index contributed by atoms with van der Waals surface area (Å²) >= 11 is 1.67. The topological polar surface area (TPSA) is 66.2 Å². The molecule has 0 unspecified atom stereocenters. The first-order valence-corrected chi connectivity index (χ1v) is 11.4. The highest BCUT2D eigenvalue weighted by molar-refractivity contribution is 7.99. The molecule has 6 nitrogen and oxygen atoms in total. The minimum atomic E-state index is -0.116. The number of ether oxygens (including phenoxy) is 2. The fraction of sp³-hybridized carbons (Fsp3) is 0.240. The monoisotopic (exact) mass is 447 g/mol. The number of nitrogens with zero attached hydrogens (tertiary/aromatic N) is 3. The second-order valence-corrected chi connectivity index (χ2v) is 8.18. The molecule has 5 rings (SSSR count). The Bertz CT molecular complexity index is 1290. The molecule has 7 heteroatoms. The van der Waals surface area contributed by atoms with Crippen molar-refractivity contribution in [2.45, 2.75) is 36.6 Å². The molecule has 2 aromatic carbocycles. The molecule has 0 fully saturated rings. The van der Waals surface area contributed by atoms with Crippen LogP contribution in [0.1, 0.15) is 25.0 Å². The summed E-state index contributed by atoms with van der Waals surface area (Å²) in [5.74, 6) is 1.52. The van der Waals surface area contributed by atoms with Crippen molar-refractivity contribution in [2.24, 2.45) is 0 Å². The lowest BCUT2D eigenvalue weighted by Gasteiger charge is -2.08. The van der Waals surface area contributed by atoms with Gasteiger partial charge >= 0.3 is 0 Å². The number of methoxy groups -OCH3 is 1. The van der Waals surface area contributed by atoms with E-state index in [1.807, 2.05) is 44.2 Å². The predicted octanol–water partition coefficient (Wildman–Crippen LogP) is 4.96. The fourth-order valence-electron chi connectivity index (χ4n) is 3.50. The van der Waals surface area contributed by atoms with E-state index in [1.54, 1.807) is 37.3 Å². The lowest BCUT2D eigenvalue weighted by atomic mass is 10.2. The van der Waals surface area contributed by atoms with Crippen molar-refractivity contribution in [3.63, 3.8) is 0 Å². The van der Waals surface area contributed by atoms with Crippen molar-refractivity contribution >= 4 is 22.5 Å². The van der Waals surface area contributed by atoms with Crippen molar-refractivity contribution in [2.75, 3.05) is 13.7 Å². The molecule has 32 heavy (non-hydrogen) atoms. The largest absolute Gasteiger partial charge is 0.493 e. The Morgan fingerprint density at radius 3 is 2.66 bits per heavy atom. The summed E-state index contributed by atoms with van der Waals surface area (Å²) in [6.07, 6.45) is 4.39. The van der Waals surface area contributed by atoms with E-state index in [0.29, 0.717) is 17.8 Å². The summed E-state index contributed by atoms with van der Waals surface area (Å²) in [5.41, 5.74) is 2.02. The highest BCUT2D eigenvalue weighted by Gasteiger charge is 2.13. The molecule has 0 saturated heterocycles. The molecule has 0 radical (unpaired) electrons. The number of benzene rings is 2. The molecule has 0 saturated carbocycles. The Morgan fingerprint density at radius 1 is 1.06 bits per heavy atom. The molecule has 0 amide bonds. The molecular formula is C25H25N3O3S. The Morgan fingerprint density at radius 2 is 1.88 bits per heavy atom. The molecule has 1 aliphatic heterocycles. The summed E-state index contributed by atoms with van der Waals surface area (Å²) in [5, 5.41) is 5.84. The number of fused-ring (bicyclic) bond motifs is 2. The van der Waals surface area contributed by atoms with E-state index in [2.05, 4.69) is 22.2 Å². The van der Waals surface area contributed by atoms with Crippen molar-refractivity contribution in [1.29, 1.82) is 0 Å². The molecule has 0 spiro atoms. The summed E-state index contributed by atoms with van der Waals surface area (Å²) in [7, 11) is 1.57. The van der Waals surface area contributed by atoms with Crippen LogP contribution in [-0.2, 0) is 13.0 Å². The van der Waals surface area contributed by atoms with Crippen LogP contribution in [0, 0.1) is 0 Å². The highest BCUT2D eigenvalue weighted by atomic mass is 32.2. The van der Waals surface area contributed by atoms with Gasteiger partial charge < -0.3 is 9.47 Å². The molecule has 164 valence electrons. The molecule has 1 aliphatic rings. The van der Waals surface area contributed by atoms with Gasteiger partial charge in [0.2, 0.25) is 5.88 Å². The van der Waals surface area contributed by atoms with Gasteiger partial charge in [0.25, 0.3) is 5.56 Å². The van der Waals surface area contributed by atoms with E-state index < -0.39 is 0 Å². The van der Waals surface area contributed by atoms with Crippen LogP contribution in [-0.4, -0.2) is 28.5 Å². The summed E-state index contributed by atoms with van der Waals surface area (Å²) in [6, 6.07) is 15.8. The van der Waals surface area contributed by atoms with E-state index in [4.69, 9.17) is 9.47 Å².